The fourth-order valence-corrected chi connectivity index (χ4v) is 5.64. The van der Waals surface area contributed by atoms with Crippen LogP contribution in [0.3, 0.4) is 0 Å². The average molecular weight is 337 g/mol. The van der Waals surface area contributed by atoms with Crippen LogP contribution < -0.4 is 0 Å². The third kappa shape index (κ3) is 3.89. The lowest BCUT2D eigenvalue weighted by Gasteiger charge is -2.30. The number of benzene rings is 1. The maximum atomic E-state index is 11.8. The van der Waals surface area contributed by atoms with E-state index in [1.165, 1.54) is 11.1 Å². The molecule has 1 aliphatic carbocycles. The van der Waals surface area contributed by atoms with Gasteiger partial charge in [-0.05, 0) is 48.8 Å². The molecule has 0 saturated carbocycles. The number of fused-ring (bicyclic) bond motifs is 1. The molecule has 1 heterocycles. The van der Waals surface area contributed by atoms with Gasteiger partial charge < -0.3 is 5.11 Å². The normalized spacial score (nSPS) is 22.9. The van der Waals surface area contributed by atoms with Crippen molar-refractivity contribution in [1.82, 2.24) is 4.90 Å². The quantitative estimate of drug-likeness (QED) is 0.897. The molecular weight excluding hydrogens is 310 g/mol. The van der Waals surface area contributed by atoms with Gasteiger partial charge in [-0.25, -0.2) is 8.42 Å². The number of nitrogens with zero attached hydrogens (tertiary/aromatic N) is 1. The van der Waals surface area contributed by atoms with Gasteiger partial charge in [0.25, 0.3) is 0 Å². The monoisotopic (exact) mass is 337 g/mol. The molecule has 0 aromatic heterocycles. The van der Waals surface area contributed by atoms with E-state index in [0.717, 1.165) is 31.4 Å². The molecule has 1 saturated heterocycles. The van der Waals surface area contributed by atoms with E-state index < -0.39 is 9.84 Å². The summed E-state index contributed by atoms with van der Waals surface area (Å²) >= 11 is 0. The van der Waals surface area contributed by atoms with E-state index in [4.69, 9.17) is 0 Å². The average Bonchev–Trinajstić information content (AvgIpc) is 3.03. The number of rotatable bonds is 5. The molecule has 0 spiro atoms. The predicted molar refractivity (Wildman–Crippen MR) is 92.4 cm³/mol. The highest BCUT2D eigenvalue weighted by Crippen LogP contribution is 2.31. The smallest absolute Gasteiger partial charge is 0.151 e. The summed E-state index contributed by atoms with van der Waals surface area (Å²) in [7, 11) is -2.89. The van der Waals surface area contributed by atoms with Crippen LogP contribution in [0.2, 0.25) is 0 Å². The van der Waals surface area contributed by atoms with Gasteiger partial charge in [-0.1, -0.05) is 19.9 Å². The molecule has 2 aliphatic rings. The number of sulfone groups is 1. The van der Waals surface area contributed by atoms with Gasteiger partial charge >= 0.3 is 0 Å². The molecule has 1 fully saturated rings. The van der Waals surface area contributed by atoms with Crippen molar-refractivity contribution in [3.05, 3.63) is 28.8 Å². The van der Waals surface area contributed by atoms with Crippen LogP contribution >= 0.6 is 0 Å². The van der Waals surface area contributed by atoms with Crippen molar-refractivity contribution in [2.45, 2.75) is 52.1 Å². The van der Waals surface area contributed by atoms with Gasteiger partial charge in [0.1, 0.15) is 5.75 Å². The zero-order valence-electron chi connectivity index (χ0n) is 14.1. The maximum absolute atomic E-state index is 11.8. The highest BCUT2D eigenvalue weighted by molar-refractivity contribution is 7.91. The minimum Gasteiger partial charge on any atom is -0.508 e. The number of aromatic hydroxyl groups is 1. The van der Waals surface area contributed by atoms with E-state index in [2.05, 4.69) is 24.8 Å². The van der Waals surface area contributed by atoms with Gasteiger partial charge in [0.15, 0.2) is 9.84 Å². The highest BCUT2D eigenvalue weighted by Gasteiger charge is 2.33. The van der Waals surface area contributed by atoms with Crippen molar-refractivity contribution in [2.75, 3.05) is 18.1 Å². The van der Waals surface area contributed by atoms with Crippen molar-refractivity contribution in [1.29, 1.82) is 0 Å². The molecule has 1 aromatic carbocycles. The van der Waals surface area contributed by atoms with E-state index in [9.17, 15) is 13.5 Å². The van der Waals surface area contributed by atoms with Crippen LogP contribution in [0.15, 0.2) is 12.1 Å². The summed E-state index contributed by atoms with van der Waals surface area (Å²) in [4.78, 5) is 2.26. The van der Waals surface area contributed by atoms with Gasteiger partial charge in [-0.2, -0.15) is 0 Å². The summed E-state index contributed by atoms with van der Waals surface area (Å²) in [5, 5.41) is 10.4. The van der Waals surface area contributed by atoms with Crippen molar-refractivity contribution >= 4 is 9.84 Å². The Balaban J connectivity index is 1.81. The van der Waals surface area contributed by atoms with Gasteiger partial charge in [0.2, 0.25) is 0 Å². The predicted octanol–water partition coefficient (Wildman–Crippen LogP) is 2.53. The molecule has 1 aromatic rings. The zero-order chi connectivity index (χ0) is 16.6. The fourth-order valence-electron chi connectivity index (χ4n) is 3.88. The van der Waals surface area contributed by atoms with Crippen LogP contribution in [-0.2, 0) is 29.2 Å². The Kier molecular flexibility index (Phi) is 4.70. The van der Waals surface area contributed by atoms with Gasteiger partial charge in [-0.15, -0.1) is 0 Å². The lowest BCUT2D eigenvalue weighted by molar-refractivity contribution is 0.179. The largest absolute Gasteiger partial charge is 0.508 e. The highest BCUT2D eigenvalue weighted by atomic mass is 32.2. The Bertz CT molecular complexity index is 682. The minimum absolute atomic E-state index is 0.0788. The molecule has 0 amide bonds. The van der Waals surface area contributed by atoms with Crippen LogP contribution in [0, 0.1) is 5.92 Å². The molecule has 1 aliphatic heterocycles. The Labute approximate surface area is 139 Å². The van der Waals surface area contributed by atoms with E-state index in [1.807, 2.05) is 6.07 Å². The van der Waals surface area contributed by atoms with Crippen LogP contribution in [0.1, 0.15) is 43.4 Å². The Morgan fingerprint density at radius 1 is 1.26 bits per heavy atom. The maximum Gasteiger partial charge on any atom is 0.151 e. The van der Waals surface area contributed by atoms with Crippen molar-refractivity contribution < 1.29 is 13.5 Å². The summed E-state index contributed by atoms with van der Waals surface area (Å²) in [6, 6.07) is 4.13. The molecule has 3 rings (SSSR count). The second-order valence-electron chi connectivity index (χ2n) is 7.48. The molecule has 1 atom stereocenters. The van der Waals surface area contributed by atoms with E-state index >= 15 is 0 Å². The second kappa shape index (κ2) is 6.44. The van der Waals surface area contributed by atoms with Crippen molar-refractivity contribution in [3.63, 3.8) is 0 Å². The summed E-state index contributed by atoms with van der Waals surface area (Å²) in [5.41, 5.74) is 3.56. The number of hydrogen-bond acceptors (Lipinski definition) is 4. The zero-order valence-corrected chi connectivity index (χ0v) is 14.9. The lowest BCUT2D eigenvalue weighted by atomic mass is 10.0. The first-order valence-corrected chi connectivity index (χ1v) is 10.4. The Hall–Kier alpha value is -1.07. The summed E-state index contributed by atoms with van der Waals surface area (Å²) < 4.78 is 23.7. The molecule has 1 N–H and O–H groups in total. The number of aryl methyl sites for hydroxylation is 2. The number of hydrogen-bond donors (Lipinski definition) is 1. The van der Waals surface area contributed by atoms with Crippen LogP contribution in [0.25, 0.3) is 0 Å². The summed E-state index contributed by atoms with van der Waals surface area (Å²) in [6.07, 6.45) is 4.01. The third-order valence-electron chi connectivity index (χ3n) is 4.99. The van der Waals surface area contributed by atoms with Gasteiger partial charge in [0, 0.05) is 24.7 Å². The molecule has 5 heteroatoms. The van der Waals surface area contributed by atoms with Crippen molar-refractivity contribution in [3.8, 4) is 5.75 Å². The van der Waals surface area contributed by atoms with Gasteiger partial charge in [-0.3, -0.25) is 4.90 Å². The molecule has 0 unspecified atom stereocenters. The molecule has 0 radical (unpaired) electrons. The summed E-state index contributed by atoms with van der Waals surface area (Å²) in [6.45, 7) is 5.80. The van der Waals surface area contributed by atoms with Gasteiger partial charge in [0.05, 0.1) is 11.5 Å². The fraction of sp³-hybridized carbons (Fsp3) is 0.667. The first-order valence-electron chi connectivity index (χ1n) is 8.62. The molecular formula is C18H27NO3S. The third-order valence-corrected chi connectivity index (χ3v) is 6.74. The first kappa shape index (κ1) is 16.8. The number of phenols is 1. The molecule has 23 heavy (non-hydrogen) atoms. The first-order chi connectivity index (χ1) is 10.8. The van der Waals surface area contributed by atoms with Crippen LogP contribution in [0.5, 0.6) is 5.75 Å². The molecule has 4 nitrogen and oxygen atoms in total. The lowest BCUT2D eigenvalue weighted by Crippen LogP contribution is -2.38. The topological polar surface area (TPSA) is 57.6 Å². The minimum atomic E-state index is -2.89. The van der Waals surface area contributed by atoms with E-state index in [0.29, 0.717) is 30.4 Å². The Morgan fingerprint density at radius 2 is 1.96 bits per heavy atom. The SMILES string of the molecule is CC(C)CN(Cc1cc2c(cc1O)CCC2)[C@H]1CCS(=O)(=O)C1. The van der Waals surface area contributed by atoms with E-state index in [-0.39, 0.29) is 11.8 Å². The van der Waals surface area contributed by atoms with E-state index in [1.54, 1.807) is 0 Å². The van der Waals surface area contributed by atoms with Crippen LogP contribution in [0.4, 0.5) is 0 Å². The Morgan fingerprint density at radius 3 is 2.57 bits per heavy atom. The van der Waals surface area contributed by atoms with Crippen molar-refractivity contribution in [2.24, 2.45) is 5.92 Å². The van der Waals surface area contributed by atoms with Crippen LogP contribution in [-0.4, -0.2) is 42.5 Å². The molecule has 0 bridgehead atoms. The number of phenolic OH excluding ortho intramolecular Hbond substituents is 1. The standard InChI is InChI=1S/C18H27NO3S/c1-13(2)10-19(17-6-7-23(21,22)12-17)11-16-8-14-4-3-5-15(14)9-18(16)20/h8-9,13,17,20H,3-7,10-12H2,1-2H3/t17-/m0/s1. The summed E-state index contributed by atoms with van der Waals surface area (Å²) in [5.74, 6) is 1.38. The second-order valence-corrected chi connectivity index (χ2v) is 9.71. The molecule has 128 valence electrons.